The number of fused-ring (bicyclic) bond motifs is 4. The summed E-state index contributed by atoms with van der Waals surface area (Å²) in [6, 6.07) is 11.3. The first-order valence-corrected chi connectivity index (χ1v) is 12.3. The van der Waals surface area contributed by atoms with E-state index in [1.807, 2.05) is 28.0 Å². The summed E-state index contributed by atoms with van der Waals surface area (Å²) in [5, 5.41) is 0. The van der Waals surface area contributed by atoms with Crippen molar-refractivity contribution >= 4 is 11.8 Å². The standard InChI is InChI=1S/C27H30N2O6/c1-32-21-15-19-20(16-22(21)33-2)25(30)29-10-7-17-5-3-4-6-18(17)24(29)23(19)26(31)28-11-8-27(9-12-28)34-13-14-35-27/h3-6,15-16,23-24H,7-14H2,1-2H3. The van der Waals surface area contributed by atoms with E-state index < -0.39 is 11.7 Å². The minimum atomic E-state index is -0.558. The van der Waals surface area contributed by atoms with Gasteiger partial charge in [0, 0.05) is 38.0 Å². The van der Waals surface area contributed by atoms with Gasteiger partial charge in [0.1, 0.15) is 0 Å². The maximum atomic E-state index is 14.3. The van der Waals surface area contributed by atoms with Gasteiger partial charge in [-0.15, -0.1) is 0 Å². The van der Waals surface area contributed by atoms with E-state index in [2.05, 4.69) is 12.1 Å². The van der Waals surface area contributed by atoms with E-state index in [1.54, 1.807) is 20.3 Å². The molecule has 4 aliphatic rings. The molecule has 4 aliphatic heterocycles. The van der Waals surface area contributed by atoms with Crippen molar-refractivity contribution < 1.29 is 28.5 Å². The largest absolute Gasteiger partial charge is 0.493 e. The Labute approximate surface area is 204 Å². The van der Waals surface area contributed by atoms with Crippen LogP contribution in [0, 0.1) is 0 Å². The zero-order valence-electron chi connectivity index (χ0n) is 20.1. The lowest BCUT2D eigenvalue weighted by atomic mass is 9.75. The van der Waals surface area contributed by atoms with Crippen LogP contribution in [0.4, 0.5) is 0 Å². The molecule has 0 aromatic heterocycles. The maximum absolute atomic E-state index is 14.3. The number of methoxy groups -OCH3 is 2. The second-order valence-corrected chi connectivity index (χ2v) is 9.60. The number of rotatable bonds is 3. The SMILES string of the molecule is COc1cc2c(cc1OC)C(C(=O)N1CCC3(CC1)OCCO3)C1c3ccccc3CCN1C2=O. The molecule has 2 amide bonds. The highest BCUT2D eigenvalue weighted by molar-refractivity contribution is 6.02. The van der Waals surface area contributed by atoms with Crippen LogP contribution >= 0.6 is 0 Å². The third-order valence-corrected chi connectivity index (χ3v) is 7.95. The van der Waals surface area contributed by atoms with E-state index >= 15 is 0 Å². The first-order valence-electron chi connectivity index (χ1n) is 12.3. The predicted molar refractivity (Wildman–Crippen MR) is 127 cm³/mol. The zero-order chi connectivity index (χ0) is 24.2. The second kappa shape index (κ2) is 8.53. The van der Waals surface area contributed by atoms with Crippen LogP contribution in [0.15, 0.2) is 36.4 Å². The molecule has 2 aromatic carbocycles. The molecule has 2 aromatic rings. The molecule has 2 unspecified atom stereocenters. The van der Waals surface area contributed by atoms with Crippen molar-refractivity contribution in [3.8, 4) is 11.5 Å². The molecule has 8 nitrogen and oxygen atoms in total. The Morgan fingerprint density at radius 1 is 0.971 bits per heavy atom. The lowest BCUT2D eigenvalue weighted by Gasteiger charge is -2.47. The van der Waals surface area contributed by atoms with Crippen LogP contribution in [0.25, 0.3) is 0 Å². The molecule has 35 heavy (non-hydrogen) atoms. The number of carbonyl (C=O) groups is 2. The lowest BCUT2D eigenvalue weighted by Crippen LogP contribution is -2.53. The van der Waals surface area contributed by atoms with Crippen LogP contribution in [-0.4, -0.2) is 74.5 Å². The molecule has 0 aliphatic carbocycles. The minimum absolute atomic E-state index is 0.0190. The Morgan fingerprint density at radius 3 is 2.37 bits per heavy atom. The van der Waals surface area contributed by atoms with Crippen LogP contribution < -0.4 is 9.47 Å². The van der Waals surface area contributed by atoms with E-state index in [1.165, 1.54) is 5.56 Å². The lowest BCUT2D eigenvalue weighted by molar-refractivity contribution is -0.188. The van der Waals surface area contributed by atoms with Gasteiger partial charge in [-0.25, -0.2) is 0 Å². The molecule has 4 heterocycles. The highest BCUT2D eigenvalue weighted by Crippen LogP contribution is 2.49. The summed E-state index contributed by atoms with van der Waals surface area (Å²) in [5.41, 5.74) is 3.44. The van der Waals surface area contributed by atoms with Crippen molar-refractivity contribution in [3.05, 3.63) is 58.7 Å². The molecule has 0 N–H and O–H groups in total. The number of hydrogen-bond acceptors (Lipinski definition) is 6. The number of carbonyl (C=O) groups excluding carboxylic acids is 2. The van der Waals surface area contributed by atoms with Crippen LogP contribution in [0.1, 0.15) is 51.8 Å². The van der Waals surface area contributed by atoms with Crippen LogP contribution in [-0.2, 0) is 20.7 Å². The molecule has 0 saturated carbocycles. The molecule has 1 spiro atoms. The zero-order valence-corrected chi connectivity index (χ0v) is 20.1. The number of piperidine rings is 1. The van der Waals surface area contributed by atoms with Gasteiger partial charge < -0.3 is 28.7 Å². The molecule has 184 valence electrons. The Balaban J connectivity index is 1.44. The molecule has 2 fully saturated rings. The van der Waals surface area contributed by atoms with Crippen molar-refractivity contribution in [2.75, 3.05) is 47.1 Å². The summed E-state index contributed by atoms with van der Waals surface area (Å²) in [7, 11) is 3.12. The van der Waals surface area contributed by atoms with Crippen molar-refractivity contribution in [2.45, 2.75) is 37.0 Å². The third-order valence-electron chi connectivity index (χ3n) is 7.95. The van der Waals surface area contributed by atoms with Gasteiger partial charge >= 0.3 is 0 Å². The van der Waals surface area contributed by atoms with Crippen LogP contribution in [0.5, 0.6) is 11.5 Å². The third kappa shape index (κ3) is 3.50. The van der Waals surface area contributed by atoms with E-state index in [4.69, 9.17) is 18.9 Å². The van der Waals surface area contributed by atoms with E-state index in [0.717, 1.165) is 12.0 Å². The molecule has 0 bridgehead atoms. The van der Waals surface area contributed by atoms with Crippen molar-refractivity contribution in [2.24, 2.45) is 0 Å². The maximum Gasteiger partial charge on any atom is 0.254 e. The Bertz CT molecular complexity index is 1160. The number of ether oxygens (including phenoxy) is 4. The van der Waals surface area contributed by atoms with Gasteiger partial charge in [0.15, 0.2) is 17.3 Å². The average molecular weight is 479 g/mol. The Morgan fingerprint density at radius 2 is 1.66 bits per heavy atom. The van der Waals surface area contributed by atoms with Crippen molar-refractivity contribution in [1.82, 2.24) is 9.80 Å². The number of benzene rings is 2. The summed E-state index contributed by atoms with van der Waals surface area (Å²) in [6.45, 7) is 2.88. The molecule has 2 saturated heterocycles. The van der Waals surface area contributed by atoms with Gasteiger partial charge in [0.25, 0.3) is 5.91 Å². The van der Waals surface area contributed by atoms with E-state index in [0.29, 0.717) is 68.3 Å². The van der Waals surface area contributed by atoms with Gasteiger partial charge in [0.05, 0.1) is 39.4 Å². The smallest absolute Gasteiger partial charge is 0.254 e. The summed E-state index contributed by atoms with van der Waals surface area (Å²) < 4.78 is 22.8. The van der Waals surface area contributed by atoms with E-state index in [-0.39, 0.29) is 17.9 Å². The number of nitrogens with zero attached hydrogens (tertiary/aromatic N) is 2. The van der Waals surface area contributed by atoms with Crippen LogP contribution in [0.2, 0.25) is 0 Å². The normalized spacial score (nSPS) is 24.6. The second-order valence-electron chi connectivity index (χ2n) is 9.60. The number of hydrogen-bond donors (Lipinski definition) is 0. The van der Waals surface area contributed by atoms with Crippen LogP contribution in [0.3, 0.4) is 0 Å². The molecule has 2 atom stereocenters. The molecular formula is C27H30N2O6. The Kier molecular flexibility index (Phi) is 5.45. The Hall–Kier alpha value is -3.10. The summed E-state index contributed by atoms with van der Waals surface area (Å²) >= 11 is 0. The van der Waals surface area contributed by atoms with Crippen molar-refractivity contribution in [1.29, 1.82) is 0 Å². The fourth-order valence-electron chi connectivity index (χ4n) is 6.17. The van der Waals surface area contributed by atoms with Gasteiger partial charge in [-0.3, -0.25) is 9.59 Å². The first kappa shape index (κ1) is 22.4. The summed E-state index contributed by atoms with van der Waals surface area (Å²) in [6.07, 6.45) is 2.06. The number of amides is 2. The molecular weight excluding hydrogens is 448 g/mol. The summed E-state index contributed by atoms with van der Waals surface area (Å²) in [4.78, 5) is 31.8. The molecule has 0 radical (unpaired) electrons. The predicted octanol–water partition coefficient (Wildman–Crippen LogP) is 2.91. The van der Waals surface area contributed by atoms with Gasteiger partial charge in [-0.05, 0) is 35.2 Å². The van der Waals surface area contributed by atoms with Crippen molar-refractivity contribution in [3.63, 3.8) is 0 Å². The fourth-order valence-corrected chi connectivity index (χ4v) is 6.17. The quantitative estimate of drug-likeness (QED) is 0.675. The van der Waals surface area contributed by atoms with E-state index in [9.17, 15) is 9.59 Å². The number of likely N-dealkylation sites (tertiary alicyclic amines) is 1. The van der Waals surface area contributed by atoms with Gasteiger partial charge in [0.2, 0.25) is 5.91 Å². The first-order chi connectivity index (χ1) is 17.0. The fraction of sp³-hybridized carbons (Fsp3) is 0.481. The summed E-state index contributed by atoms with van der Waals surface area (Å²) in [5.74, 6) is -0.155. The monoisotopic (exact) mass is 478 g/mol. The topological polar surface area (TPSA) is 77.5 Å². The average Bonchev–Trinajstić information content (AvgIpc) is 3.35. The molecule has 6 rings (SSSR count). The minimum Gasteiger partial charge on any atom is -0.493 e. The molecule has 8 heteroatoms. The van der Waals surface area contributed by atoms with Gasteiger partial charge in [-0.2, -0.15) is 0 Å². The van der Waals surface area contributed by atoms with Gasteiger partial charge in [-0.1, -0.05) is 24.3 Å². The highest BCUT2D eigenvalue weighted by Gasteiger charge is 2.49. The highest BCUT2D eigenvalue weighted by atomic mass is 16.7.